The quantitative estimate of drug-likeness (QED) is 0.404. The van der Waals surface area contributed by atoms with Gasteiger partial charge >= 0.3 is 13.6 Å². The lowest BCUT2D eigenvalue weighted by Crippen LogP contribution is -2.00. The maximum atomic E-state index is 12.3. The summed E-state index contributed by atoms with van der Waals surface area (Å²) < 4.78 is 22.9. The molecule has 0 aliphatic carbocycles. The van der Waals surface area contributed by atoms with E-state index in [2.05, 4.69) is 6.58 Å². The molecule has 3 aromatic rings. The van der Waals surface area contributed by atoms with Gasteiger partial charge in [-0.15, -0.1) is 0 Å². The number of esters is 1. The second-order valence-electron chi connectivity index (χ2n) is 4.47. The third-order valence-electron chi connectivity index (χ3n) is 3.20. The third kappa shape index (κ3) is 2.46. The van der Waals surface area contributed by atoms with Crippen molar-refractivity contribution in [3.63, 3.8) is 0 Å². The zero-order valence-electron chi connectivity index (χ0n) is 11.1. The molecule has 0 amide bonds. The minimum Gasteiger partial charge on any atom is -0.457 e. The predicted molar refractivity (Wildman–Crippen MR) is 81.3 cm³/mol. The van der Waals surface area contributed by atoms with E-state index in [1.165, 1.54) is 0 Å². The average molecular weight is 299 g/mol. The Morgan fingerprint density at radius 3 is 2.76 bits per heavy atom. The van der Waals surface area contributed by atoms with Crippen LogP contribution in [0.15, 0.2) is 59.3 Å². The number of hydrogen-bond donors (Lipinski definition) is 0. The maximum absolute atomic E-state index is 12.3. The van der Waals surface area contributed by atoms with Crippen LogP contribution in [0.2, 0.25) is 0 Å². The van der Waals surface area contributed by atoms with E-state index in [-0.39, 0.29) is 6.61 Å². The minimum absolute atomic E-state index is 0.0423. The van der Waals surface area contributed by atoms with Crippen molar-refractivity contribution in [3.8, 4) is 0 Å². The van der Waals surface area contributed by atoms with E-state index < -0.39 is 13.6 Å². The first-order valence-electron chi connectivity index (χ1n) is 6.36. The fraction of sp³-hybridized carbons (Fsp3) is 0.0625. The average Bonchev–Trinajstić information content (AvgIpc) is 2.52. The van der Waals surface area contributed by atoms with Crippen molar-refractivity contribution in [1.29, 1.82) is 0 Å². The molecule has 3 rings (SSSR count). The summed E-state index contributed by atoms with van der Waals surface area (Å²) in [6, 6.07) is 13.0. The summed E-state index contributed by atoms with van der Waals surface area (Å²) >= 11 is 0. The van der Waals surface area contributed by atoms with Crippen molar-refractivity contribution >= 4 is 35.1 Å². The van der Waals surface area contributed by atoms with Gasteiger partial charge in [0.15, 0.2) is 5.58 Å². The first-order chi connectivity index (χ1) is 10.2. The van der Waals surface area contributed by atoms with E-state index in [1.54, 1.807) is 12.1 Å². The Hall–Kier alpha value is -2.45. The highest BCUT2D eigenvalue weighted by molar-refractivity contribution is 7.37. The van der Waals surface area contributed by atoms with Crippen LogP contribution in [-0.4, -0.2) is 5.97 Å². The Bertz CT molecular complexity index is 911. The fourth-order valence-electron chi connectivity index (χ4n) is 2.25. The van der Waals surface area contributed by atoms with Gasteiger partial charge in [0.2, 0.25) is 5.12 Å². The molecule has 0 bridgehead atoms. The van der Waals surface area contributed by atoms with Crippen molar-refractivity contribution in [1.82, 2.24) is 0 Å². The molecule has 0 saturated heterocycles. The van der Waals surface area contributed by atoms with Crippen molar-refractivity contribution in [2.24, 2.45) is 0 Å². The standard InChI is InChI=1S/C16H12O4P/c1-2-15(17)19-10-11-6-5-8-13-12-7-3-4-9-14(12)20-21(18)16(11)13/h2-9H,1,10H2/q+1. The van der Waals surface area contributed by atoms with E-state index in [4.69, 9.17) is 8.93 Å². The van der Waals surface area contributed by atoms with Crippen LogP contribution in [-0.2, 0) is 20.7 Å². The van der Waals surface area contributed by atoms with Crippen LogP contribution >= 0.6 is 7.65 Å². The monoisotopic (exact) mass is 299 g/mol. The lowest BCUT2D eigenvalue weighted by molar-refractivity contribution is -0.138. The number of para-hydroxylation sites is 1. The summed E-state index contributed by atoms with van der Waals surface area (Å²) in [5, 5.41) is 2.33. The molecule has 5 heteroatoms. The summed E-state index contributed by atoms with van der Waals surface area (Å²) in [6.45, 7) is 3.39. The number of benzene rings is 2. The topological polar surface area (TPSA) is 56.5 Å². The van der Waals surface area contributed by atoms with Crippen molar-refractivity contribution in [3.05, 3.63) is 60.7 Å². The Morgan fingerprint density at radius 1 is 1.19 bits per heavy atom. The van der Waals surface area contributed by atoms with Crippen LogP contribution in [0.1, 0.15) is 5.56 Å². The molecule has 104 valence electrons. The SMILES string of the molecule is C=CC(=O)OCc1cccc2c3ccccc3o[p+](=O)c12. The van der Waals surface area contributed by atoms with Crippen LogP contribution in [0, 0.1) is 0 Å². The molecule has 1 aromatic heterocycles. The molecule has 0 N–H and O–H groups in total. The molecule has 1 unspecified atom stereocenters. The second-order valence-corrected chi connectivity index (χ2v) is 5.61. The third-order valence-corrected chi connectivity index (χ3v) is 4.45. The predicted octanol–water partition coefficient (Wildman–Crippen LogP) is 4.56. The lowest BCUT2D eigenvalue weighted by atomic mass is 10.1. The molecule has 21 heavy (non-hydrogen) atoms. The van der Waals surface area contributed by atoms with E-state index in [1.807, 2.05) is 30.3 Å². The molecule has 0 saturated carbocycles. The van der Waals surface area contributed by atoms with Crippen LogP contribution < -0.4 is 0 Å². The zero-order valence-corrected chi connectivity index (χ0v) is 12.0. The Labute approximate surface area is 121 Å². The van der Waals surface area contributed by atoms with Gasteiger partial charge in [-0.2, -0.15) is 0 Å². The molecule has 0 spiro atoms. The first-order valence-corrected chi connectivity index (χ1v) is 7.54. The summed E-state index contributed by atoms with van der Waals surface area (Å²) in [4.78, 5) is 11.2. The van der Waals surface area contributed by atoms with Crippen LogP contribution in [0.3, 0.4) is 0 Å². The van der Waals surface area contributed by atoms with Gasteiger partial charge in [0.25, 0.3) is 0 Å². The van der Waals surface area contributed by atoms with Crippen molar-refractivity contribution in [2.45, 2.75) is 6.61 Å². The van der Waals surface area contributed by atoms with Gasteiger partial charge in [0, 0.05) is 22.4 Å². The molecule has 1 heterocycles. The summed E-state index contributed by atoms with van der Waals surface area (Å²) in [7, 11) is -2.02. The van der Waals surface area contributed by atoms with E-state index in [0.29, 0.717) is 16.3 Å². The van der Waals surface area contributed by atoms with Gasteiger partial charge in [0.05, 0.1) is 0 Å². The van der Waals surface area contributed by atoms with Crippen molar-refractivity contribution < 1.29 is 18.3 Å². The number of rotatable bonds is 3. The van der Waals surface area contributed by atoms with Gasteiger partial charge < -0.3 is 4.74 Å². The zero-order chi connectivity index (χ0) is 14.8. The van der Waals surface area contributed by atoms with Crippen molar-refractivity contribution in [2.75, 3.05) is 0 Å². The minimum atomic E-state index is -2.02. The Morgan fingerprint density at radius 2 is 1.95 bits per heavy atom. The molecule has 0 aliphatic rings. The number of carbonyl (C=O) groups is 1. The van der Waals surface area contributed by atoms with Gasteiger partial charge in [-0.25, -0.2) is 8.99 Å². The van der Waals surface area contributed by atoms with Crippen LogP contribution in [0.5, 0.6) is 0 Å². The summed E-state index contributed by atoms with van der Waals surface area (Å²) in [5.41, 5.74) is 1.28. The molecule has 0 aliphatic heterocycles. The molecule has 4 nitrogen and oxygen atoms in total. The highest BCUT2D eigenvalue weighted by atomic mass is 31.1. The van der Waals surface area contributed by atoms with Gasteiger partial charge in [-0.05, 0) is 16.7 Å². The largest absolute Gasteiger partial charge is 0.598 e. The van der Waals surface area contributed by atoms with E-state index in [0.717, 1.165) is 16.8 Å². The molecule has 0 fully saturated rings. The number of hydrogen-bond acceptors (Lipinski definition) is 4. The number of ether oxygens (including phenoxy) is 1. The molecule has 2 aromatic carbocycles. The highest BCUT2D eigenvalue weighted by Gasteiger charge is 2.20. The first kappa shape index (κ1) is 13.5. The van der Waals surface area contributed by atoms with E-state index >= 15 is 0 Å². The summed E-state index contributed by atoms with van der Waals surface area (Å²) in [6.07, 6.45) is 1.10. The summed E-state index contributed by atoms with van der Waals surface area (Å²) in [5.74, 6) is -0.514. The maximum Gasteiger partial charge on any atom is 0.598 e. The van der Waals surface area contributed by atoms with Gasteiger partial charge in [-0.3, -0.25) is 0 Å². The Balaban J connectivity index is 2.23. The van der Waals surface area contributed by atoms with Crippen LogP contribution in [0.25, 0.3) is 21.5 Å². The molecular weight excluding hydrogens is 287 g/mol. The number of carbonyl (C=O) groups excluding carboxylic acids is 1. The normalized spacial score (nSPS) is 11.5. The highest BCUT2D eigenvalue weighted by Crippen LogP contribution is 2.37. The second kappa shape index (κ2) is 5.51. The smallest absolute Gasteiger partial charge is 0.457 e. The number of fused-ring (bicyclic) bond motifs is 3. The lowest BCUT2D eigenvalue weighted by Gasteiger charge is -2.03. The van der Waals surface area contributed by atoms with Gasteiger partial charge in [-0.1, -0.05) is 36.9 Å². The Kier molecular flexibility index (Phi) is 3.55. The van der Waals surface area contributed by atoms with Gasteiger partial charge in [0.1, 0.15) is 6.61 Å². The van der Waals surface area contributed by atoms with Crippen LogP contribution in [0.4, 0.5) is 0 Å². The fourth-order valence-corrected chi connectivity index (χ4v) is 3.45. The molecule has 1 atom stereocenters. The molecule has 0 radical (unpaired) electrons. The van der Waals surface area contributed by atoms with E-state index in [9.17, 15) is 9.36 Å². The molecular formula is C16H12O4P+.